The quantitative estimate of drug-likeness (QED) is 0.694. The molecule has 3 aromatic rings. The van der Waals surface area contributed by atoms with Crippen LogP contribution in [0.15, 0.2) is 18.2 Å². The second-order valence-corrected chi connectivity index (χ2v) is 5.35. The van der Waals surface area contributed by atoms with Crippen LogP contribution in [0.4, 0.5) is 4.39 Å². The van der Waals surface area contributed by atoms with Gasteiger partial charge < -0.3 is 0 Å². The van der Waals surface area contributed by atoms with Gasteiger partial charge >= 0.3 is 0 Å². The van der Waals surface area contributed by atoms with Gasteiger partial charge in [0, 0.05) is 7.05 Å². The molecule has 0 aliphatic carbocycles. The summed E-state index contributed by atoms with van der Waals surface area (Å²) in [5.74, 6) is 0.678. The van der Waals surface area contributed by atoms with Crippen molar-refractivity contribution in [1.29, 1.82) is 0 Å². The highest BCUT2D eigenvalue weighted by molar-refractivity contribution is 6.17. The number of hydrogen-bond donors (Lipinski definition) is 0. The third kappa shape index (κ3) is 2.21. The van der Waals surface area contributed by atoms with Gasteiger partial charge in [0.25, 0.3) is 0 Å². The number of fused-ring (bicyclic) bond motifs is 1. The highest BCUT2D eigenvalue weighted by Crippen LogP contribution is 2.26. The van der Waals surface area contributed by atoms with Gasteiger partial charge in [-0.2, -0.15) is 5.10 Å². The Morgan fingerprint density at radius 3 is 2.67 bits per heavy atom. The summed E-state index contributed by atoms with van der Waals surface area (Å²) >= 11 is 6.03. The van der Waals surface area contributed by atoms with E-state index in [1.54, 1.807) is 4.68 Å². The SMILES string of the molecule is CCc1nn(C)c2c1nc(CCl)n2-c1cc(C)cc(F)c1. The van der Waals surface area contributed by atoms with Crippen LogP contribution < -0.4 is 0 Å². The Bertz CT molecular complexity index is 799. The number of hydrogen-bond acceptors (Lipinski definition) is 2. The van der Waals surface area contributed by atoms with Gasteiger partial charge in [-0.05, 0) is 37.1 Å². The molecule has 0 fully saturated rings. The number of halogens is 2. The number of rotatable bonds is 3. The van der Waals surface area contributed by atoms with Crippen molar-refractivity contribution in [2.75, 3.05) is 0 Å². The van der Waals surface area contributed by atoms with Crippen LogP contribution in [0.3, 0.4) is 0 Å². The predicted octanol–water partition coefficient (Wildman–Crippen LogP) is 3.51. The molecule has 0 N–H and O–H groups in total. The summed E-state index contributed by atoms with van der Waals surface area (Å²) in [7, 11) is 1.86. The fraction of sp³-hybridized carbons (Fsp3) is 0.333. The summed E-state index contributed by atoms with van der Waals surface area (Å²) in [6.45, 7) is 3.90. The molecule has 0 spiro atoms. The average Bonchev–Trinajstić information content (AvgIpc) is 2.95. The molecular formula is C15H16ClFN4. The molecule has 0 unspecified atom stereocenters. The van der Waals surface area contributed by atoms with Crippen molar-refractivity contribution >= 4 is 22.8 Å². The highest BCUT2D eigenvalue weighted by atomic mass is 35.5. The number of alkyl halides is 1. The van der Waals surface area contributed by atoms with Crippen LogP contribution in [0.5, 0.6) is 0 Å². The first-order valence-electron chi connectivity index (χ1n) is 6.81. The van der Waals surface area contributed by atoms with E-state index >= 15 is 0 Å². The normalized spacial score (nSPS) is 11.5. The zero-order chi connectivity index (χ0) is 15.1. The first-order chi connectivity index (χ1) is 10.0. The lowest BCUT2D eigenvalue weighted by Crippen LogP contribution is -2.05. The molecule has 4 nitrogen and oxygen atoms in total. The van der Waals surface area contributed by atoms with Crippen LogP contribution in [-0.4, -0.2) is 19.3 Å². The topological polar surface area (TPSA) is 35.6 Å². The smallest absolute Gasteiger partial charge is 0.163 e. The second-order valence-electron chi connectivity index (χ2n) is 5.08. The first kappa shape index (κ1) is 14.1. The Morgan fingerprint density at radius 1 is 1.29 bits per heavy atom. The van der Waals surface area contributed by atoms with E-state index in [0.29, 0.717) is 5.82 Å². The average molecular weight is 307 g/mol. The molecule has 0 radical (unpaired) electrons. The maximum absolute atomic E-state index is 13.7. The summed E-state index contributed by atoms with van der Waals surface area (Å²) < 4.78 is 17.4. The molecule has 2 aromatic heterocycles. The van der Waals surface area contributed by atoms with Crippen LogP contribution in [0.1, 0.15) is 24.0 Å². The maximum Gasteiger partial charge on any atom is 0.163 e. The molecule has 0 aliphatic rings. The minimum atomic E-state index is -0.273. The van der Waals surface area contributed by atoms with Gasteiger partial charge in [0.15, 0.2) is 5.65 Å². The first-order valence-corrected chi connectivity index (χ1v) is 7.35. The third-order valence-corrected chi connectivity index (χ3v) is 3.75. The van der Waals surface area contributed by atoms with Crippen molar-refractivity contribution in [3.8, 4) is 5.69 Å². The molecule has 3 rings (SSSR count). The zero-order valence-electron chi connectivity index (χ0n) is 12.2. The minimum Gasteiger partial charge on any atom is -0.280 e. The number of nitrogens with zero attached hydrogens (tertiary/aromatic N) is 4. The molecular weight excluding hydrogens is 291 g/mol. The molecule has 0 saturated heterocycles. The maximum atomic E-state index is 13.7. The van der Waals surface area contributed by atoms with E-state index in [9.17, 15) is 4.39 Å². The largest absolute Gasteiger partial charge is 0.280 e. The lowest BCUT2D eigenvalue weighted by molar-refractivity contribution is 0.625. The molecule has 110 valence electrons. The Morgan fingerprint density at radius 2 is 2.05 bits per heavy atom. The fourth-order valence-corrected chi connectivity index (χ4v) is 2.85. The highest BCUT2D eigenvalue weighted by Gasteiger charge is 2.19. The Kier molecular flexibility index (Phi) is 3.45. The lowest BCUT2D eigenvalue weighted by atomic mass is 10.2. The molecule has 21 heavy (non-hydrogen) atoms. The van der Waals surface area contributed by atoms with E-state index < -0.39 is 0 Å². The summed E-state index contributed by atoms with van der Waals surface area (Å²) in [5.41, 5.74) is 4.16. The van der Waals surface area contributed by atoms with Gasteiger partial charge in [-0.25, -0.2) is 14.1 Å². The summed E-state index contributed by atoms with van der Waals surface area (Å²) in [6, 6.07) is 4.90. The molecule has 0 aliphatic heterocycles. The number of imidazole rings is 1. The second kappa shape index (κ2) is 5.15. The van der Waals surface area contributed by atoms with E-state index in [-0.39, 0.29) is 11.7 Å². The predicted molar refractivity (Wildman–Crippen MR) is 81.5 cm³/mol. The zero-order valence-corrected chi connectivity index (χ0v) is 12.9. The fourth-order valence-electron chi connectivity index (χ4n) is 2.67. The summed E-state index contributed by atoms with van der Waals surface area (Å²) in [4.78, 5) is 4.58. The van der Waals surface area contributed by atoms with Crippen molar-refractivity contribution in [3.63, 3.8) is 0 Å². The van der Waals surface area contributed by atoms with Crippen LogP contribution in [0, 0.1) is 12.7 Å². The van der Waals surface area contributed by atoms with Crippen LogP contribution in [0.2, 0.25) is 0 Å². The Labute approximate surface area is 127 Å². The van der Waals surface area contributed by atoms with Gasteiger partial charge in [-0.1, -0.05) is 6.92 Å². The van der Waals surface area contributed by atoms with Crippen LogP contribution in [-0.2, 0) is 19.3 Å². The van der Waals surface area contributed by atoms with E-state index in [4.69, 9.17) is 11.6 Å². The Hall–Kier alpha value is -1.88. The van der Waals surface area contributed by atoms with E-state index in [2.05, 4.69) is 10.1 Å². The summed E-state index contributed by atoms with van der Waals surface area (Å²) in [6.07, 6.45) is 0.790. The van der Waals surface area contributed by atoms with Crippen molar-refractivity contribution in [1.82, 2.24) is 19.3 Å². The molecule has 0 saturated carbocycles. The van der Waals surface area contributed by atoms with Gasteiger partial charge in [0.2, 0.25) is 0 Å². The number of benzene rings is 1. The van der Waals surface area contributed by atoms with Gasteiger partial charge in [-0.3, -0.25) is 4.57 Å². The molecule has 0 amide bonds. The van der Waals surface area contributed by atoms with E-state index in [1.807, 2.05) is 31.5 Å². The van der Waals surface area contributed by atoms with Gasteiger partial charge in [0.1, 0.15) is 17.2 Å². The summed E-state index contributed by atoms with van der Waals surface area (Å²) in [5, 5.41) is 4.47. The third-order valence-electron chi connectivity index (χ3n) is 3.51. The van der Waals surface area contributed by atoms with E-state index in [1.165, 1.54) is 12.1 Å². The number of aryl methyl sites for hydroxylation is 3. The number of aromatic nitrogens is 4. The van der Waals surface area contributed by atoms with Crippen molar-refractivity contribution < 1.29 is 4.39 Å². The standard InChI is InChI=1S/C15H16ClFN4/c1-4-12-14-15(20(3)19-12)21(13(8-16)18-14)11-6-9(2)5-10(17)7-11/h5-7H,4,8H2,1-3H3. The van der Waals surface area contributed by atoms with Gasteiger partial charge in [-0.15, -0.1) is 11.6 Å². The van der Waals surface area contributed by atoms with Crippen LogP contribution in [0.25, 0.3) is 16.9 Å². The van der Waals surface area contributed by atoms with Crippen molar-refractivity contribution in [3.05, 3.63) is 41.1 Å². The van der Waals surface area contributed by atoms with Crippen molar-refractivity contribution in [2.24, 2.45) is 7.05 Å². The monoisotopic (exact) mass is 306 g/mol. The molecule has 1 aromatic carbocycles. The van der Waals surface area contributed by atoms with Gasteiger partial charge in [0.05, 0.1) is 17.3 Å². The lowest BCUT2D eigenvalue weighted by Gasteiger charge is -2.09. The van der Waals surface area contributed by atoms with Crippen molar-refractivity contribution in [2.45, 2.75) is 26.1 Å². The van der Waals surface area contributed by atoms with Crippen LogP contribution >= 0.6 is 11.6 Å². The molecule has 0 bridgehead atoms. The molecule has 6 heteroatoms. The minimum absolute atomic E-state index is 0.257. The Balaban J connectivity index is 2.37. The molecule has 0 atom stereocenters. The molecule has 2 heterocycles. The van der Waals surface area contributed by atoms with E-state index in [0.717, 1.165) is 34.5 Å².